The maximum atomic E-state index is 11.0. The van der Waals surface area contributed by atoms with Gasteiger partial charge in [0.05, 0.1) is 16.4 Å². The SMILES string of the molecule is CCOC(COc1cc(C(CC(=O)O)CC(=O)O)ccc1I)OCC. The second-order valence-corrected chi connectivity index (χ2v) is 6.40. The van der Waals surface area contributed by atoms with E-state index in [1.807, 2.05) is 13.8 Å². The maximum Gasteiger partial charge on any atom is 0.303 e. The largest absolute Gasteiger partial charge is 0.487 e. The van der Waals surface area contributed by atoms with Crippen LogP contribution in [0.3, 0.4) is 0 Å². The monoisotopic (exact) mass is 466 g/mol. The molecule has 0 bridgehead atoms. The molecule has 0 unspecified atom stereocenters. The van der Waals surface area contributed by atoms with E-state index in [9.17, 15) is 9.59 Å². The average molecular weight is 466 g/mol. The number of benzene rings is 1. The fraction of sp³-hybridized carbons (Fsp3) is 0.529. The number of carboxylic acid groups (broad SMARTS) is 2. The zero-order valence-corrected chi connectivity index (χ0v) is 16.4. The predicted molar refractivity (Wildman–Crippen MR) is 98.9 cm³/mol. The van der Waals surface area contributed by atoms with Crippen LogP contribution in [0.4, 0.5) is 0 Å². The van der Waals surface area contributed by atoms with Crippen LogP contribution < -0.4 is 4.74 Å². The molecule has 0 fully saturated rings. The van der Waals surface area contributed by atoms with E-state index in [0.717, 1.165) is 3.57 Å². The van der Waals surface area contributed by atoms with Crippen LogP contribution in [0.1, 0.15) is 38.2 Å². The normalized spacial score (nSPS) is 11.1. The number of carboxylic acids is 2. The Morgan fingerprint density at radius 1 is 1.08 bits per heavy atom. The van der Waals surface area contributed by atoms with Gasteiger partial charge >= 0.3 is 11.9 Å². The van der Waals surface area contributed by atoms with Gasteiger partial charge in [-0.15, -0.1) is 0 Å². The topological polar surface area (TPSA) is 102 Å². The molecule has 0 amide bonds. The summed E-state index contributed by atoms with van der Waals surface area (Å²) in [6.45, 7) is 4.89. The first-order valence-electron chi connectivity index (χ1n) is 7.96. The van der Waals surface area contributed by atoms with Crippen molar-refractivity contribution in [2.75, 3.05) is 19.8 Å². The van der Waals surface area contributed by atoms with Crippen LogP contribution in [-0.4, -0.2) is 48.3 Å². The molecule has 0 radical (unpaired) electrons. The molecular formula is C17H23IO7. The van der Waals surface area contributed by atoms with Crippen molar-refractivity contribution in [1.82, 2.24) is 0 Å². The van der Waals surface area contributed by atoms with E-state index in [0.29, 0.717) is 24.5 Å². The summed E-state index contributed by atoms with van der Waals surface area (Å²) in [5, 5.41) is 18.0. The Kier molecular flexibility index (Phi) is 9.76. The minimum atomic E-state index is -1.04. The smallest absolute Gasteiger partial charge is 0.303 e. The summed E-state index contributed by atoms with van der Waals surface area (Å²) in [7, 11) is 0. The van der Waals surface area contributed by atoms with Crippen molar-refractivity contribution in [1.29, 1.82) is 0 Å². The van der Waals surface area contributed by atoms with Crippen LogP contribution in [0.5, 0.6) is 5.75 Å². The van der Waals surface area contributed by atoms with Crippen molar-refractivity contribution >= 4 is 34.5 Å². The van der Waals surface area contributed by atoms with Gasteiger partial charge in [-0.3, -0.25) is 9.59 Å². The number of hydrogen-bond donors (Lipinski definition) is 2. The van der Waals surface area contributed by atoms with Gasteiger partial charge < -0.3 is 24.4 Å². The zero-order chi connectivity index (χ0) is 18.8. The van der Waals surface area contributed by atoms with Gasteiger partial charge in [0.2, 0.25) is 0 Å². The molecule has 1 aromatic rings. The molecule has 2 N–H and O–H groups in total. The highest BCUT2D eigenvalue weighted by Crippen LogP contribution is 2.30. The van der Waals surface area contributed by atoms with Gasteiger partial charge in [0, 0.05) is 19.1 Å². The molecule has 25 heavy (non-hydrogen) atoms. The Morgan fingerprint density at radius 2 is 1.64 bits per heavy atom. The lowest BCUT2D eigenvalue weighted by Gasteiger charge is -2.19. The number of ether oxygens (including phenoxy) is 3. The summed E-state index contributed by atoms with van der Waals surface area (Å²) in [6, 6.07) is 5.19. The standard InChI is InChI=1S/C17H23IO7/c1-3-23-17(24-4-2)10-25-14-7-11(5-6-13(14)18)12(8-15(19)20)9-16(21)22/h5-7,12,17H,3-4,8-10H2,1-2H3,(H,19,20)(H,21,22). The van der Waals surface area contributed by atoms with Gasteiger partial charge in [-0.25, -0.2) is 0 Å². The molecule has 1 aromatic carbocycles. The van der Waals surface area contributed by atoms with Gasteiger partial charge in [0.15, 0.2) is 6.29 Å². The molecule has 0 aliphatic carbocycles. The molecule has 0 aliphatic rings. The molecule has 0 saturated carbocycles. The lowest BCUT2D eigenvalue weighted by atomic mass is 9.92. The Morgan fingerprint density at radius 3 is 2.12 bits per heavy atom. The fourth-order valence-electron chi connectivity index (χ4n) is 2.29. The quantitative estimate of drug-likeness (QED) is 0.361. The lowest BCUT2D eigenvalue weighted by molar-refractivity contribution is -0.152. The van der Waals surface area contributed by atoms with Crippen molar-refractivity contribution in [3.63, 3.8) is 0 Å². The average Bonchev–Trinajstić information content (AvgIpc) is 2.52. The molecule has 8 heteroatoms. The van der Waals surface area contributed by atoms with Gasteiger partial charge in [-0.2, -0.15) is 0 Å². The van der Waals surface area contributed by atoms with E-state index in [4.69, 9.17) is 24.4 Å². The molecule has 0 aromatic heterocycles. The van der Waals surface area contributed by atoms with E-state index >= 15 is 0 Å². The van der Waals surface area contributed by atoms with E-state index in [2.05, 4.69) is 22.6 Å². The highest BCUT2D eigenvalue weighted by Gasteiger charge is 2.20. The highest BCUT2D eigenvalue weighted by molar-refractivity contribution is 14.1. The first-order valence-corrected chi connectivity index (χ1v) is 9.04. The minimum absolute atomic E-state index is 0.184. The van der Waals surface area contributed by atoms with Crippen LogP contribution in [0.2, 0.25) is 0 Å². The van der Waals surface area contributed by atoms with Gasteiger partial charge in [-0.1, -0.05) is 6.07 Å². The third-order valence-electron chi connectivity index (χ3n) is 3.35. The van der Waals surface area contributed by atoms with E-state index < -0.39 is 24.1 Å². The van der Waals surface area contributed by atoms with Crippen molar-refractivity contribution in [3.8, 4) is 5.75 Å². The zero-order valence-electron chi connectivity index (χ0n) is 14.2. The first-order chi connectivity index (χ1) is 11.9. The van der Waals surface area contributed by atoms with Gasteiger partial charge in [0.25, 0.3) is 0 Å². The van der Waals surface area contributed by atoms with E-state index in [1.54, 1.807) is 18.2 Å². The minimum Gasteiger partial charge on any atom is -0.487 e. The number of carbonyl (C=O) groups is 2. The van der Waals surface area contributed by atoms with Gasteiger partial charge in [-0.05, 0) is 54.1 Å². The summed E-state index contributed by atoms with van der Waals surface area (Å²) in [5.74, 6) is -2.16. The van der Waals surface area contributed by atoms with Crippen LogP contribution in [-0.2, 0) is 19.1 Å². The number of halogens is 1. The summed E-state index contributed by atoms with van der Waals surface area (Å²) in [5.41, 5.74) is 0.615. The van der Waals surface area contributed by atoms with Crippen molar-refractivity contribution in [2.24, 2.45) is 0 Å². The number of rotatable bonds is 12. The second kappa shape index (κ2) is 11.3. The molecule has 1 rings (SSSR count). The van der Waals surface area contributed by atoms with Crippen LogP contribution in [0.25, 0.3) is 0 Å². The molecule has 0 aliphatic heterocycles. The lowest BCUT2D eigenvalue weighted by Crippen LogP contribution is -2.25. The number of hydrogen-bond acceptors (Lipinski definition) is 5. The molecular weight excluding hydrogens is 443 g/mol. The maximum absolute atomic E-state index is 11.0. The molecule has 0 spiro atoms. The second-order valence-electron chi connectivity index (χ2n) is 5.23. The van der Waals surface area contributed by atoms with Crippen LogP contribution >= 0.6 is 22.6 Å². The molecule has 140 valence electrons. The summed E-state index contributed by atoms with van der Waals surface area (Å²) in [6.07, 6.45) is -1.01. The summed E-state index contributed by atoms with van der Waals surface area (Å²) < 4.78 is 17.4. The third kappa shape index (κ3) is 8.02. The Bertz CT molecular complexity index is 554. The van der Waals surface area contributed by atoms with E-state index in [1.165, 1.54) is 0 Å². The molecule has 0 atom stereocenters. The number of aliphatic carboxylic acids is 2. The third-order valence-corrected chi connectivity index (χ3v) is 4.24. The van der Waals surface area contributed by atoms with Crippen molar-refractivity contribution in [2.45, 2.75) is 38.9 Å². The van der Waals surface area contributed by atoms with Crippen LogP contribution in [0, 0.1) is 3.57 Å². The van der Waals surface area contributed by atoms with Crippen molar-refractivity contribution in [3.05, 3.63) is 27.3 Å². The first kappa shape index (κ1) is 21.7. The van der Waals surface area contributed by atoms with Crippen molar-refractivity contribution < 1.29 is 34.0 Å². The Labute approximate surface area is 160 Å². The predicted octanol–water partition coefficient (Wildman–Crippen LogP) is 3.10. The molecule has 7 nitrogen and oxygen atoms in total. The van der Waals surface area contributed by atoms with Crippen LogP contribution in [0.15, 0.2) is 18.2 Å². The Balaban J connectivity index is 2.92. The van der Waals surface area contributed by atoms with Gasteiger partial charge in [0.1, 0.15) is 12.4 Å². The molecule has 0 saturated heterocycles. The van der Waals surface area contributed by atoms with E-state index in [-0.39, 0.29) is 19.4 Å². The molecule has 0 heterocycles. The fourth-order valence-corrected chi connectivity index (χ4v) is 2.78. The summed E-state index contributed by atoms with van der Waals surface area (Å²) >= 11 is 2.10. The highest BCUT2D eigenvalue weighted by atomic mass is 127. The Hall–Kier alpha value is -1.39. The summed E-state index contributed by atoms with van der Waals surface area (Å²) in [4.78, 5) is 22.0.